The Bertz CT molecular complexity index is 1430. The van der Waals surface area contributed by atoms with Crippen LogP contribution in [0.25, 0.3) is 5.70 Å². The van der Waals surface area contributed by atoms with Gasteiger partial charge in [0.05, 0.1) is 12.7 Å². The Kier molecular flexibility index (Phi) is 7.26. The number of para-hydroxylation sites is 1. The van der Waals surface area contributed by atoms with Gasteiger partial charge in [0.25, 0.3) is 0 Å². The van der Waals surface area contributed by atoms with E-state index in [9.17, 15) is 0 Å². The normalized spacial score (nSPS) is 11.6. The summed E-state index contributed by atoms with van der Waals surface area (Å²) in [5, 5.41) is 6.13. The SMILES string of the molecule is Cc1ccc(N=P(/C=C(\Nc2ccccc2)c2ccccc2)(c2ccccc2)c2ccccc2)cc1. The van der Waals surface area contributed by atoms with E-state index in [0.717, 1.165) is 22.6 Å². The molecular weight excluding hydrogens is 455 g/mol. The van der Waals surface area contributed by atoms with E-state index in [1.165, 1.54) is 16.2 Å². The number of anilines is 1. The van der Waals surface area contributed by atoms with Gasteiger partial charge in [-0.05, 0) is 42.6 Å². The molecule has 0 saturated heterocycles. The van der Waals surface area contributed by atoms with Crippen LogP contribution in [0.3, 0.4) is 0 Å². The fourth-order valence-electron chi connectivity index (χ4n) is 4.21. The first-order valence-electron chi connectivity index (χ1n) is 12.1. The maximum atomic E-state index is 5.57. The Balaban J connectivity index is 1.84. The van der Waals surface area contributed by atoms with E-state index < -0.39 is 7.05 Å². The first kappa shape index (κ1) is 23.6. The van der Waals surface area contributed by atoms with Crippen molar-refractivity contribution in [3.63, 3.8) is 0 Å². The zero-order valence-corrected chi connectivity index (χ0v) is 21.2. The van der Waals surface area contributed by atoms with E-state index in [-0.39, 0.29) is 0 Å². The van der Waals surface area contributed by atoms with Crippen LogP contribution in [0.2, 0.25) is 0 Å². The van der Waals surface area contributed by atoms with Crippen molar-refractivity contribution in [2.45, 2.75) is 6.92 Å². The second-order valence-corrected chi connectivity index (χ2v) is 11.6. The second-order valence-electron chi connectivity index (χ2n) is 8.69. The lowest BCUT2D eigenvalue weighted by Crippen LogP contribution is -2.15. The summed E-state index contributed by atoms with van der Waals surface area (Å²) in [7, 11) is -2.40. The van der Waals surface area contributed by atoms with Crippen molar-refractivity contribution in [2.75, 3.05) is 5.32 Å². The zero-order chi connectivity index (χ0) is 24.6. The zero-order valence-electron chi connectivity index (χ0n) is 20.3. The van der Waals surface area contributed by atoms with Crippen LogP contribution in [-0.2, 0) is 0 Å². The topological polar surface area (TPSA) is 24.4 Å². The van der Waals surface area contributed by atoms with Gasteiger partial charge in [0.2, 0.25) is 0 Å². The highest BCUT2D eigenvalue weighted by atomic mass is 31.2. The predicted molar refractivity (Wildman–Crippen MR) is 157 cm³/mol. The lowest BCUT2D eigenvalue weighted by Gasteiger charge is -2.25. The number of benzene rings is 5. The minimum absolute atomic E-state index is 0.977. The number of nitrogens with zero attached hydrogens (tertiary/aromatic N) is 1. The van der Waals surface area contributed by atoms with Gasteiger partial charge >= 0.3 is 0 Å². The highest BCUT2D eigenvalue weighted by Crippen LogP contribution is 2.53. The van der Waals surface area contributed by atoms with Crippen LogP contribution in [0.5, 0.6) is 0 Å². The molecule has 1 N–H and O–H groups in total. The van der Waals surface area contributed by atoms with Gasteiger partial charge in [-0.3, -0.25) is 4.74 Å². The highest BCUT2D eigenvalue weighted by Gasteiger charge is 2.24. The molecule has 0 aliphatic carbocycles. The molecule has 5 aromatic rings. The molecule has 5 aromatic carbocycles. The molecule has 0 bridgehead atoms. The molecule has 176 valence electrons. The lowest BCUT2D eigenvalue weighted by molar-refractivity contribution is 1.44. The number of hydrogen-bond donors (Lipinski definition) is 1. The number of rotatable bonds is 7. The Hall–Kier alpha value is -4.13. The predicted octanol–water partition coefficient (Wildman–Crippen LogP) is 8.59. The summed E-state index contributed by atoms with van der Waals surface area (Å²) in [5.41, 5.74) is 5.41. The first-order chi connectivity index (χ1) is 17.7. The van der Waals surface area contributed by atoms with Gasteiger partial charge in [0, 0.05) is 22.0 Å². The van der Waals surface area contributed by atoms with Crippen LogP contribution in [0, 0.1) is 6.92 Å². The van der Waals surface area contributed by atoms with E-state index in [0.29, 0.717) is 0 Å². The summed E-state index contributed by atoms with van der Waals surface area (Å²) in [5.74, 6) is 2.37. The molecule has 3 heteroatoms. The van der Waals surface area contributed by atoms with Gasteiger partial charge in [-0.1, -0.05) is 127 Å². The van der Waals surface area contributed by atoms with Crippen molar-refractivity contribution < 1.29 is 0 Å². The Morgan fingerprint density at radius 2 is 1.06 bits per heavy atom. The summed E-state index contributed by atoms with van der Waals surface area (Å²) in [6, 6.07) is 50.8. The van der Waals surface area contributed by atoms with Gasteiger partial charge in [0.15, 0.2) is 0 Å². The van der Waals surface area contributed by atoms with Crippen LogP contribution >= 0.6 is 7.05 Å². The number of hydrogen-bond acceptors (Lipinski definition) is 2. The van der Waals surface area contributed by atoms with Crippen molar-refractivity contribution in [1.29, 1.82) is 0 Å². The summed E-state index contributed by atoms with van der Waals surface area (Å²) >= 11 is 0. The Labute approximate surface area is 214 Å². The highest BCUT2D eigenvalue weighted by molar-refractivity contribution is 7.83. The molecule has 2 nitrogen and oxygen atoms in total. The molecule has 0 amide bonds. The molecular formula is C33H29N2P. The summed E-state index contributed by atoms with van der Waals surface area (Å²) < 4.78 is 5.57. The molecule has 0 fully saturated rings. The monoisotopic (exact) mass is 484 g/mol. The average molecular weight is 485 g/mol. The molecule has 0 radical (unpaired) electrons. The fraction of sp³-hybridized carbons (Fsp3) is 0.0303. The van der Waals surface area contributed by atoms with Crippen molar-refractivity contribution in [3.05, 3.63) is 163 Å². The van der Waals surface area contributed by atoms with Crippen molar-refractivity contribution in [1.82, 2.24) is 0 Å². The van der Waals surface area contributed by atoms with Crippen LogP contribution in [-0.4, -0.2) is 0 Å². The lowest BCUT2D eigenvalue weighted by atomic mass is 10.1. The van der Waals surface area contributed by atoms with Gasteiger partial charge in [-0.2, -0.15) is 0 Å². The molecule has 0 aromatic heterocycles. The van der Waals surface area contributed by atoms with E-state index in [4.69, 9.17) is 4.74 Å². The maximum Gasteiger partial charge on any atom is 0.0625 e. The summed E-state index contributed by atoms with van der Waals surface area (Å²) in [6.45, 7) is 2.11. The molecule has 36 heavy (non-hydrogen) atoms. The number of nitrogens with one attached hydrogen (secondary N) is 1. The largest absolute Gasteiger partial charge is 0.355 e. The van der Waals surface area contributed by atoms with Crippen molar-refractivity contribution >= 4 is 34.7 Å². The molecule has 0 aliphatic rings. The van der Waals surface area contributed by atoms with Crippen LogP contribution in [0.4, 0.5) is 11.4 Å². The molecule has 0 spiro atoms. The standard InChI is InChI=1S/C33H29N2P/c1-27-22-24-30(25-23-27)35-36(31-18-10-4-11-19-31,32-20-12-5-13-21-32)26-33(28-14-6-2-7-15-28)34-29-16-8-3-9-17-29/h2-26,34H,1H3/b33-26-. The average Bonchev–Trinajstić information content (AvgIpc) is 2.95. The third kappa shape index (κ3) is 5.40. The molecule has 0 atom stereocenters. The Morgan fingerprint density at radius 3 is 1.58 bits per heavy atom. The van der Waals surface area contributed by atoms with Crippen molar-refractivity contribution in [2.24, 2.45) is 4.74 Å². The fourth-order valence-corrected chi connectivity index (χ4v) is 7.43. The smallest absolute Gasteiger partial charge is 0.0625 e. The Morgan fingerprint density at radius 1 is 0.583 bits per heavy atom. The molecule has 5 rings (SSSR count). The number of aryl methyl sites for hydroxylation is 1. The molecule has 0 aliphatic heterocycles. The van der Waals surface area contributed by atoms with Gasteiger partial charge < -0.3 is 5.32 Å². The van der Waals surface area contributed by atoms with Gasteiger partial charge in [-0.25, -0.2) is 0 Å². The first-order valence-corrected chi connectivity index (χ1v) is 13.9. The molecule has 0 unspecified atom stereocenters. The third-order valence-corrected chi connectivity index (χ3v) is 9.41. The van der Waals surface area contributed by atoms with Crippen LogP contribution < -0.4 is 15.9 Å². The minimum Gasteiger partial charge on any atom is -0.355 e. The maximum absolute atomic E-state index is 5.57. The minimum atomic E-state index is -2.40. The van der Waals surface area contributed by atoms with E-state index in [2.05, 4.69) is 158 Å². The van der Waals surface area contributed by atoms with Gasteiger partial charge in [-0.15, -0.1) is 0 Å². The quantitative estimate of drug-likeness (QED) is 0.230. The van der Waals surface area contributed by atoms with E-state index in [1.54, 1.807) is 0 Å². The van der Waals surface area contributed by atoms with Crippen LogP contribution in [0.1, 0.15) is 11.1 Å². The van der Waals surface area contributed by atoms with E-state index >= 15 is 0 Å². The third-order valence-electron chi connectivity index (χ3n) is 6.06. The summed E-state index contributed by atoms with van der Waals surface area (Å²) in [4.78, 5) is 0. The molecule has 0 heterocycles. The molecule has 0 saturated carbocycles. The van der Waals surface area contributed by atoms with Crippen molar-refractivity contribution in [3.8, 4) is 0 Å². The van der Waals surface area contributed by atoms with E-state index in [1.807, 2.05) is 6.07 Å². The van der Waals surface area contributed by atoms with Crippen LogP contribution in [0.15, 0.2) is 156 Å². The summed E-state index contributed by atoms with van der Waals surface area (Å²) in [6.07, 6.45) is 0. The second kappa shape index (κ2) is 11.1. The van der Waals surface area contributed by atoms with Gasteiger partial charge in [0.1, 0.15) is 0 Å².